The van der Waals surface area contributed by atoms with Gasteiger partial charge in [-0.2, -0.15) is 0 Å². The van der Waals surface area contributed by atoms with E-state index in [2.05, 4.69) is 25.2 Å². The molecule has 0 aromatic heterocycles. The van der Waals surface area contributed by atoms with Gasteiger partial charge in [0.05, 0.1) is 13.0 Å². The van der Waals surface area contributed by atoms with Gasteiger partial charge in [-0.1, -0.05) is 6.07 Å². The Labute approximate surface area is 127 Å². The van der Waals surface area contributed by atoms with E-state index in [1.165, 1.54) is 11.1 Å². The lowest BCUT2D eigenvalue weighted by Gasteiger charge is -2.17. The van der Waals surface area contributed by atoms with Crippen LogP contribution in [0.1, 0.15) is 24.0 Å². The third-order valence-electron chi connectivity index (χ3n) is 4.19. The fourth-order valence-corrected chi connectivity index (χ4v) is 2.73. The highest BCUT2D eigenvalue weighted by molar-refractivity contribution is 5.76. The molecule has 1 aromatic carbocycles. The molecule has 1 aliphatic heterocycles. The zero-order chi connectivity index (χ0) is 15.2. The maximum absolute atomic E-state index is 12.1. The molecular formula is C17H26N2O2. The molecule has 1 atom stereocenters. The van der Waals surface area contributed by atoms with Crippen molar-refractivity contribution < 1.29 is 9.53 Å². The number of aryl methyl sites for hydroxylation is 2. The first-order valence-electron chi connectivity index (χ1n) is 7.72. The van der Waals surface area contributed by atoms with Crippen LogP contribution in [0.3, 0.4) is 0 Å². The number of carbonyl (C=O) groups is 1. The molecule has 1 N–H and O–H groups in total. The van der Waals surface area contributed by atoms with Crippen molar-refractivity contribution in [3.8, 4) is 5.75 Å². The molecule has 2 rings (SSSR count). The zero-order valence-corrected chi connectivity index (χ0v) is 13.3. The molecule has 4 heteroatoms. The molecule has 1 heterocycles. The lowest BCUT2D eigenvalue weighted by Crippen LogP contribution is -2.31. The van der Waals surface area contributed by atoms with Crippen molar-refractivity contribution in [1.29, 1.82) is 0 Å². The van der Waals surface area contributed by atoms with E-state index >= 15 is 0 Å². The van der Waals surface area contributed by atoms with Crippen LogP contribution in [0.5, 0.6) is 5.75 Å². The molecule has 4 nitrogen and oxygen atoms in total. The fourth-order valence-electron chi connectivity index (χ4n) is 2.73. The topological polar surface area (TPSA) is 41.6 Å². The van der Waals surface area contributed by atoms with Crippen LogP contribution < -0.4 is 10.1 Å². The summed E-state index contributed by atoms with van der Waals surface area (Å²) in [6.45, 7) is 7.35. The van der Waals surface area contributed by atoms with Gasteiger partial charge >= 0.3 is 0 Å². The van der Waals surface area contributed by atoms with Crippen LogP contribution in [0.2, 0.25) is 0 Å². The summed E-state index contributed by atoms with van der Waals surface area (Å²) in [6, 6.07) is 6.04. The Kier molecular flexibility index (Phi) is 5.62. The van der Waals surface area contributed by atoms with Crippen molar-refractivity contribution in [2.75, 3.05) is 33.3 Å². The quantitative estimate of drug-likeness (QED) is 0.873. The van der Waals surface area contributed by atoms with E-state index in [1.54, 1.807) is 0 Å². The van der Waals surface area contributed by atoms with Gasteiger partial charge in [-0.05, 0) is 63.0 Å². The van der Waals surface area contributed by atoms with Crippen molar-refractivity contribution in [2.24, 2.45) is 5.92 Å². The molecule has 1 aliphatic rings. The molecule has 0 aliphatic carbocycles. The minimum absolute atomic E-state index is 0.206. The molecular weight excluding hydrogens is 264 g/mol. The average Bonchev–Trinajstić information content (AvgIpc) is 2.92. The molecule has 21 heavy (non-hydrogen) atoms. The van der Waals surface area contributed by atoms with Crippen molar-refractivity contribution in [1.82, 2.24) is 10.2 Å². The summed E-state index contributed by atoms with van der Waals surface area (Å²) in [4.78, 5) is 14.1. The summed E-state index contributed by atoms with van der Waals surface area (Å²) in [5, 5.41) is 3.18. The summed E-state index contributed by atoms with van der Waals surface area (Å²) in [7, 11) is 1.96. The second-order valence-electron chi connectivity index (χ2n) is 5.90. The van der Waals surface area contributed by atoms with Gasteiger partial charge in [-0.15, -0.1) is 0 Å². The standard InChI is InChI=1S/C17H26N2O2/c1-13-4-5-16(10-14(13)2)21-9-7-17(20)19-8-6-15(12-19)11-18-3/h4-5,10,15,18H,6-9,11-12H2,1-3H3. The second kappa shape index (κ2) is 7.46. The third-order valence-corrected chi connectivity index (χ3v) is 4.19. The normalized spacial score (nSPS) is 18.0. The van der Waals surface area contributed by atoms with Crippen molar-refractivity contribution in [2.45, 2.75) is 26.7 Å². The number of hydrogen-bond donors (Lipinski definition) is 1. The number of nitrogens with zero attached hydrogens (tertiary/aromatic N) is 1. The predicted molar refractivity (Wildman–Crippen MR) is 84.6 cm³/mol. The van der Waals surface area contributed by atoms with Crippen LogP contribution >= 0.6 is 0 Å². The predicted octanol–water partition coefficient (Wildman–Crippen LogP) is 2.14. The van der Waals surface area contributed by atoms with E-state index < -0.39 is 0 Å². The average molecular weight is 290 g/mol. The molecule has 0 radical (unpaired) electrons. The Morgan fingerprint density at radius 3 is 2.90 bits per heavy atom. The maximum atomic E-state index is 12.1. The third kappa shape index (κ3) is 4.46. The minimum Gasteiger partial charge on any atom is -0.493 e. The number of benzene rings is 1. The van der Waals surface area contributed by atoms with Crippen molar-refractivity contribution in [3.05, 3.63) is 29.3 Å². The molecule has 1 aromatic rings. The van der Waals surface area contributed by atoms with Gasteiger partial charge in [-0.25, -0.2) is 0 Å². The van der Waals surface area contributed by atoms with E-state index in [0.717, 1.165) is 31.8 Å². The number of carbonyl (C=O) groups excluding carboxylic acids is 1. The summed E-state index contributed by atoms with van der Waals surface area (Å²) >= 11 is 0. The van der Waals surface area contributed by atoms with Crippen LogP contribution in [0.25, 0.3) is 0 Å². The van der Waals surface area contributed by atoms with Crippen LogP contribution in [-0.2, 0) is 4.79 Å². The Balaban J connectivity index is 1.73. The van der Waals surface area contributed by atoms with E-state index in [1.807, 2.05) is 24.1 Å². The van der Waals surface area contributed by atoms with Gasteiger partial charge in [0.15, 0.2) is 0 Å². The molecule has 0 spiro atoms. The SMILES string of the molecule is CNCC1CCN(C(=O)CCOc2ccc(C)c(C)c2)C1. The minimum atomic E-state index is 0.206. The number of likely N-dealkylation sites (tertiary alicyclic amines) is 1. The first kappa shape index (κ1) is 15.8. The summed E-state index contributed by atoms with van der Waals surface area (Å²) in [5.74, 6) is 1.65. The van der Waals surface area contributed by atoms with E-state index in [4.69, 9.17) is 4.74 Å². The first-order chi connectivity index (χ1) is 10.1. The highest BCUT2D eigenvalue weighted by atomic mass is 16.5. The summed E-state index contributed by atoms with van der Waals surface area (Å²) in [5.41, 5.74) is 2.47. The summed E-state index contributed by atoms with van der Waals surface area (Å²) < 4.78 is 5.69. The van der Waals surface area contributed by atoms with Crippen LogP contribution in [0, 0.1) is 19.8 Å². The smallest absolute Gasteiger partial charge is 0.226 e. The van der Waals surface area contributed by atoms with Crippen LogP contribution in [0.4, 0.5) is 0 Å². The first-order valence-corrected chi connectivity index (χ1v) is 7.72. The van der Waals surface area contributed by atoms with Crippen molar-refractivity contribution in [3.63, 3.8) is 0 Å². The highest BCUT2D eigenvalue weighted by Crippen LogP contribution is 2.18. The monoisotopic (exact) mass is 290 g/mol. The van der Waals surface area contributed by atoms with E-state index in [9.17, 15) is 4.79 Å². The number of amides is 1. The Morgan fingerprint density at radius 1 is 1.38 bits per heavy atom. The van der Waals surface area contributed by atoms with Gasteiger partial charge in [-0.3, -0.25) is 4.79 Å². The number of ether oxygens (including phenoxy) is 1. The van der Waals surface area contributed by atoms with Gasteiger partial charge < -0.3 is 15.0 Å². The van der Waals surface area contributed by atoms with Crippen LogP contribution in [0.15, 0.2) is 18.2 Å². The summed E-state index contributed by atoms with van der Waals surface area (Å²) in [6.07, 6.45) is 1.56. The van der Waals surface area contributed by atoms with E-state index in [-0.39, 0.29) is 5.91 Å². The highest BCUT2D eigenvalue weighted by Gasteiger charge is 2.25. The molecule has 116 valence electrons. The lowest BCUT2D eigenvalue weighted by molar-refractivity contribution is -0.130. The molecule has 1 unspecified atom stereocenters. The van der Waals surface area contributed by atoms with Crippen molar-refractivity contribution >= 4 is 5.91 Å². The van der Waals surface area contributed by atoms with Gasteiger partial charge in [0.2, 0.25) is 5.91 Å². The Hall–Kier alpha value is -1.55. The van der Waals surface area contributed by atoms with Crippen LogP contribution in [-0.4, -0.2) is 44.1 Å². The van der Waals surface area contributed by atoms with E-state index in [0.29, 0.717) is 18.9 Å². The number of hydrogen-bond acceptors (Lipinski definition) is 3. The van der Waals surface area contributed by atoms with Gasteiger partial charge in [0.1, 0.15) is 5.75 Å². The number of rotatable bonds is 6. The molecule has 1 saturated heterocycles. The number of nitrogens with one attached hydrogen (secondary N) is 1. The van der Waals surface area contributed by atoms with Gasteiger partial charge in [0, 0.05) is 13.1 Å². The van der Waals surface area contributed by atoms with Gasteiger partial charge in [0.25, 0.3) is 0 Å². The Morgan fingerprint density at radius 2 is 2.19 bits per heavy atom. The molecule has 1 fully saturated rings. The molecule has 0 saturated carbocycles. The zero-order valence-electron chi connectivity index (χ0n) is 13.3. The Bertz CT molecular complexity index is 488. The largest absolute Gasteiger partial charge is 0.493 e. The maximum Gasteiger partial charge on any atom is 0.226 e. The molecule has 0 bridgehead atoms. The second-order valence-corrected chi connectivity index (χ2v) is 5.90. The molecule has 1 amide bonds. The fraction of sp³-hybridized carbons (Fsp3) is 0.588. The lowest BCUT2D eigenvalue weighted by atomic mass is 10.1.